The van der Waals surface area contributed by atoms with Gasteiger partial charge in [-0.25, -0.2) is 4.98 Å². The summed E-state index contributed by atoms with van der Waals surface area (Å²) in [7, 11) is 0. The number of rotatable bonds is 10. The lowest BCUT2D eigenvalue weighted by Gasteiger charge is -2.29. The molecule has 0 aliphatic carbocycles. The maximum atomic E-state index is 13.5. The van der Waals surface area contributed by atoms with Gasteiger partial charge >= 0.3 is 0 Å². The monoisotopic (exact) mass is 457 g/mol. The molecule has 0 bridgehead atoms. The molecule has 172 valence electrons. The van der Waals surface area contributed by atoms with E-state index in [-0.39, 0.29) is 5.57 Å². The highest BCUT2D eigenvalue weighted by Gasteiger charge is 2.40. The summed E-state index contributed by atoms with van der Waals surface area (Å²) in [6, 6.07) is 6.57. The third-order valence-corrected chi connectivity index (χ3v) is 6.92. The van der Waals surface area contributed by atoms with Crippen LogP contribution < -0.4 is 14.7 Å². The second-order valence-corrected chi connectivity index (χ2v) is 9.03. The third-order valence-electron chi connectivity index (χ3n) is 5.85. The summed E-state index contributed by atoms with van der Waals surface area (Å²) < 4.78 is 5.53. The molecule has 0 radical (unpaired) electrons. The number of nitrogens with one attached hydrogen (secondary N) is 1. The normalized spacial score (nSPS) is 16.4. The number of carbonyl (C=O) groups excluding carboxylic acids is 2. The first-order valence-corrected chi connectivity index (χ1v) is 11.9. The number of thiazole rings is 1. The maximum absolute atomic E-state index is 13.5. The van der Waals surface area contributed by atoms with Crippen LogP contribution in [0.1, 0.15) is 52.7 Å². The van der Waals surface area contributed by atoms with E-state index >= 15 is 0 Å². The number of carbonyl (C=O) groups is 2. The van der Waals surface area contributed by atoms with Gasteiger partial charge < -0.3 is 19.6 Å². The number of ether oxygens (including phenoxy) is 1. The molecule has 1 aromatic carbocycles. The molecule has 0 saturated heterocycles. The van der Waals surface area contributed by atoms with Crippen LogP contribution in [0.2, 0.25) is 0 Å². The Morgan fingerprint density at radius 3 is 2.38 bits per heavy atom. The van der Waals surface area contributed by atoms with Crippen LogP contribution in [0.25, 0.3) is 0 Å². The van der Waals surface area contributed by atoms with Crippen LogP contribution in [-0.2, 0) is 4.79 Å². The number of aryl methyl sites for hydroxylation is 2. The molecule has 1 aliphatic rings. The van der Waals surface area contributed by atoms with Crippen LogP contribution in [-0.4, -0.2) is 54.4 Å². The van der Waals surface area contributed by atoms with Gasteiger partial charge in [0.25, 0.3) is 0 Å². The molecular weight excluding hydrogens is 426 g/mol. The molecule has 3 rings (SSSR count). The number of hydrogen-bond donors (Lipinski definition) is 1. The molecule has 7 nitrogen and oxygen atoms in total. The number of amides is 1. The number of Topliss-reactive ketones (excluding diaryl/α,β-unsaturated/α-hetero) is 1. The zero-order valence-electron chi connectivity index (χ0n) is 19.4. The molecule has 1 N–H and O–H groups in total. The summed E-state index contributed by atoms with van der Waals surface area (Å²) in [4.78, 5) is 34.2. The summed E-state index contributed by atoms with van der Waals surface area (Å²) in [6.45, 7) is 13.2. The van der Waals surface area contributed by atoms with Crippen molar-refractivity contribution in [3.05, 3.63) is 56.7 Å². The van der Waals surface area contributed by atoms with Gasteiger partial charge in [-0.2, -0.15) is 0 Å². The number of ketones is 1. The Kier molecular flexibility index (Phi) is 7.69. The number of likely N-dealkylation sites (N-methyl/N-ethyl adjacent to an activating group) is 1. The average molecular weight is 458 g/mol. The zero-order chi connectivity index (χ0) is 23.4. The van der Waals surface area contributed by atoms with Crippen molar-refractivity contribution >= 4 is 23.0 Å². The molecule has 0 spiro atoms. The molecule has 8 heteroatoms. The molecule has 1 unspecified atom stereocenters. The Morgan fingerprint density at radius 1 is 1.19 bits per heavy atom. The van der Waals surface area contributed by atoms with Gasteiger partial charge in [-0.3, -0.25) is 9.59 Å². The largest absolute Gasteiger partial charge is 0.868 e. The van der Waals surface area contributed by atoms with Gasteiger partial charge in [0.05, 0.1) is 54.4 Å². The van der Waals surface area contributed by atoms with Gasteiger partial charge in [-0.1, -0.05) is 12.1 Å². The van der Waals surface area contributed by atoms with E-state index in [1.165, 1.54) is 16.2 Å². The molecule has 0 fully saturated rings. The quantitative estimate of drug-likeness (QED) is 0.546. The van der Waals surface area contributed by atoms with E-state index in [0.29, 0.717) is 36.0 Å². The van der Waals surface area contributed by atoms with Crippen LogP contribution in [0, 0.1) is 13.8 Å². The van der Waals surface area contributed by atoms with Crippen molar-refractivity contribution in [1.82, 2.24) is 9.88 Å². The number of hydrogen-bond acceptors (Lipinski definition) is 6. The van der Waals surface area contributed by atoms with E-state index in [0.717, 1.165) is 23.7 Å². The molecule has 2 heterocycles. The van der Waals surface area contributed by atoms with Crippen LogP contribution in [0.3, 0.4) is 0 Å². The number of aromatic nitrogens is 1. The molecule has 32 heavy (non-hydrogen) atoms. The molecule has 1 amide bonds. The first kappa shape index (κ1) is 23.9. The van der Waals surface area contributed by atoms with Gasteiger partial charge in [0.2, 0.25) is 11.7 Å². The van der Waals surface area contributed by atoms with E-state index in [2.05, 4.69) is 18.8 Å². The fourth-order valence-corrected chi connectivity index (χ4v) is 4.98. The van der Waals surface area contributed by atoms with Gasteiger partial charge in [0.15, 0.2) is 0 Å². The first-order valence-electron chi connectivity index (χ1n) is 11.1. The van der Waals surface area contributed by atoms with Crippen LogP contribution >= 0.6 is 11.3 Å². The Morgan fingerprint density at radius 2 is 1.84 bits per heavy atom. The Hall–Kier alpha value is -2.71. The number of nitrogens with zero attached hydrogens (tertiary/aromatic N) is 2. The lowest BCUT2D eigenvalue weighted by molar-refractivity contribution is -0.895. The topological polar surface area (TPSA) is 87.0 Å². The lowest BCUT2D eigenvalue weighted by atomic mass is 9.95. The van der Waals surface area contributed by atoms with E-state index in [9.17, 15) is 14.7 Å². The molecule has 0 saturated carbocycles. The summed E-state index contributed by atoms with van der Waals surface area (Å²) in [5, 5.41) is 13.8. The zero-order valence-corrected chi connectivity index (χ0v) is 20.2. The standard InChI is InChI=1S/C24H31N3O4S/c1-6-26(7-2)13-14-27-20(17-9-11-18(12-10-17)31-8-3)19(22(29)24(27)30)21(28)23-15(4)25-16(5)32-23/h9-12,20,29H,6-8,13-14H2,1-5H3. The second-order valence-electron chi connectivity index (χ2n) is 7.83. The average Bonchev–Trinajstić information content (AvgIpc) is 3.25. The van der Waals surface area contributed by atoms with E-state index in [4.69, 9.17) is 4.74 Å². The highest BCUT2D eigenvalue weighted by Crippen LogP contribution is 2.39. The van der Waals surface area contributed by atoms with Crippen LogP contribution in [0.4, 0.5) is 0 Å². The minimum Gasteiger partial charge on any atom is -0.868 e. The molecule has 1 aromatic heterocycles. The smallest absolute Gasteiger partial charge is 0.240 e. The van der Waals surface area contributed by atoms with E-state index in [1.54, 1.807) is 11.8 Å². The van der Waals surface area contributed by atoms with Crippen molar-refractivity contribution in [1.29, 1.82) is 0 Å². The van der Waals surface area contributed by atoms with Gasteiger partial charge in [0.1, 0.15) is 5.75 Å². The lowest BCUT2D eigenvalue weighted by Crippen LogP contribution is -3.12. The predicted octanol–water partition coefficient (Wildman–Crippen LogP) is 1.46. The van der Waals surface area contributed by atoms with Crippen LogP contribution in [0.15, 0.2) is 35.6 Å². The molecule has 1 aliphatic heterocycles. The van der Waals surface area contributed by atoms with Crippen molar-refractivity contribution in [3.63, 3.8) is 0 Å². The van der Waals surface area contributed by atoms with Crippen molar-refractivity contribution in [2.75, 3.05) is 32.8 Å². The summed E-state index contributed by atoms with van der Waals surface area (Å²) >= 11 is 1.26. The van der Waals surface area contributed by atoms with Crippen molar-refractivity contribution in [3.8, 4) is 5.75 Å². The van der Waals surface area contributed by atoms with E-state index in [1.807, 2.05) is 38.1 Å². The minimum atomic E-state index is -0.714. The molecular formula is C24H31N3O4S. The van der Waals surface area contributed by atoms with Crippen LogP contribution in [0.5, 0.6) is 5.75 Å². The summed E-state index contributed by atoms with van der Waals surface area (Å²) in [6.07, 6.45) is 0. The van der Waals surface area contributed by atoms with Gasteiger partial charge in [-0.05, 0) is 58.1 Å². The fraction of sp³-hybridized carbons (Fsp3) is 0.458. The fourth-order valence-electron chi connectivity index (χ4n) is 4.11. The minimum absolute atomic E-state index is 0.0143. The Balaban J connectivity index is 2.03. The summed E-state index contributed by atoms with van der Waals surface area (Å²) in [5.74, 6) is -1.03. The van der Waals surface area contributed by atoms with Gasteiger partial charge in [0, 0.05) is 5.57 Å². The number of quaternary nitrogens is 1. The highest BCUT2D eigenvalue weighted by molar-refractivity contribution is 7.14. The third kappa shape index (κ3) is 4.71. The summed E-state index contributed by atoms with van der Waals surface area (Å²) in [5.41, 5.74) is 1.33. The maximum Gasteiger partial charge on any atom is 0.240 e. The SMILES string of the molecule is CCOc1ccc(C2C(C(=O)c3sc(C)nc3C)=C([O-])C(=O)N2CC[NH+](CC)CC)cc1. The van der Waals surface area contributed by atoms with Crippen molar-refractivity contribution < 1.29 is 24.3 Å². The van der Waals surface area contributed by atoms with Crippen molar-refractivity contribution in [2.24, 2.45) is 0 Å². The van der Waals surface area contributed by atoms with E-state index < -0.39 is 23.5 Å². The first-order chi connectivity index (χ1) is 15.3. The second kappa shape index (κ2) is 10.3. The molecule has 1 atom stereocenters. The van der Waals surface area contributed by atoms with Gasteiger partial charge in [-0.15, -0.1) is 11.3 Å². The number of benzene rings is 1. The van der Waals surface area contributed by atoms with Crippen molar-refractivity contribution in [2.45, 2.75) is 40.7 Å². The highest BCUT2D eigenvalue weighted by atomic mass is 32.1. The predicted molar refractivity (Wildman–Crippen MR) is 122 cm³/mol. The molecule has 2 aromatic rings. The Bertz CT molecular complexity index is 1010. The Labute approximate surface area is 193 Å².